The van der Waals surface area contributed by atoms with Crippen LogP contribution in [0.2, 0.25) is 10.0 Å². The minimum atomic E-state index is -0.773. The Bertz CT molecular complexity index is 775. The molecule has 6 heteroatoms. The van der Waals surface area contributed by atoms with Crippen LogP contribution >= 0.6 is 23.2 Å². The van der Waals surface area contributed by atoms with Gasteiger partial charge < -0.3 is 10.1 Å². The first-order valence-electron chi connectivity index (χ1n) is 7.55. The highest BCUT2D eigenvalue weighted by molar-refractivity contribution is 6.35. The van der Waals surface area contributed by atoms with Crippen molar-refractivity contribution in [2.45, 2.75) is 12.5 Å². The molecule has 1 amide bonds. The average molecular weight is 378 g/mol. The van der Waals surface area contributed by atoms with Gasteiger partial charge in [-0.25, -0.2) is 4.79 Å². The number of ether oxygens (including phenoxy) is 1. The van der Waals surface area contributed by atoms with Gasteiger partial charge in [0.15, 0.2) is 0 Å². The van der Waals surface area contributed by atoms with Crippen LogP contribution in [-0.2, 0) is 20.7 Å². The Hall–Kier alpha value is -2.30. The van der Waals surface area contributed by atoms with Gasteiger partial charge >= 0.3 is 5.97 Å². The molecule has 2 rings (SSSR count). The number of amides is 1. The lowest BCUT2D eigenvalue weighted by atomic mass is 10.1. The zero-order valence-corrected chi connectivity index (χ0v) is 15.1. The molecule has 0 unspecified atom stereocenters. The molecule has 0 saturated carbocycles. The number of benzene rings is 2. The molecule has 0 aliphatic heterocycles. The van der Waals surface area contributed by atoms with E-state index in [0.717, 1.165) is 5.56 Å². The van der Waals surface area contributed by atoms with Gasteiger partial charge in [-0.2, -0.15) is 0 Å². The summed E-state index contributed by atoms with van der Waals surface area (Å²) in [4.78, 5) is 24.1. The molecule has 1 N–H and O–H groups in total. The van der Waals surface area contributed by atoms with E-state index in [1.807, 2.05) is 30.3 Å². The molecule has 0 heterocycles. The molecular weight excluding hydrogens is 361 g/mol. The normalized spacial score (nSPS) is 12.0. The number of halogens is 2. The van der Waals surface area contributed by atoms with E-state index in [1.54, 1.807) is 24.3 Å². The summed E-state index contributed by atoms with van der Waals surface area (Å²) in [5.41, 5.74) is 1.57. The van der Waals surface area contributed by atoms with Crippen molar-refractivity contribution in [1.29, 1.82) is 0 Å². The molecule has 4 nitrogen and oxygen atoms in total. The molecular formula is C19H17Cl2NO3. The molecule has 0 saturated heterocycles. The summed E-state index contributed by atoms with van der Waals surface area (Å²) in [5.74, 6) is -0.924. The van der Waals surface area contributed by atoms with Gasteiger partial charge in [-0.1, -0.05) is 59.6 Å². The Morgan fingerprint density at radius 3 is 2.52 bits per heavy atom. The topological polar surface area (TPSA) is 55.4 Å². The SMILES string of the molecule is COC(=O)[C@H](Cc1ccccc1)NC(=O)/C=C/c1ccc(Cl)cc1Cl. The Balaban J connectivity index is 2.06. The van der Waals surface area contributed by atoms with Gasteiger partial charge in [0.1, 0.15) is 6.04 Å². The molecule has 0 fully saturated rings. The van der Waals surface area contributed by atoms with Crippen LogP contribution in [0, 0.1) is 0 Å². The Morgan fingerprint density at radius 2 is 1.88 bits per heavy atom. The summed E-state index contributed by atoms with van der Waals surface area (Å²) in [6, 6.07) is 13.6. The maximum absolute atomic E-state index is 12.1. The van der Waals surface area contributed by atoms with Crippen LogP contribution in [-0.4, -0.2) is 25.0 Å². The van der Waals surface area contributed by atoms with Gasteiger partial charge in [-0.3, -0.25) is 4.79 Å². The van der Waals surface area contributed by atoms with Crippen LogP contribution in [0.5, 0.6) is 0 Å². The zero-order chi connectivity index (χ0) is 18.2. The zero-order valence-electron chi connectivity index (χ0n) is 13.5. The lowest BCUT2D eigenvalue weighted by molar-refractivity contribution is -0.144. The average Bonchev–Trinajstić information content (AvgIpc) is 2.60. The summed E-state index contributed by atoms with van der Waals surface area (Å²) >= 11 is 11.9. The van der Waals surface area contributed by atoms with E-state index in [4.69, 9.17) is 27.9 Å². The first-order valence-corrected chi connectivity index (χ1v) is 8.30. The molecule has 0 aliphatic carbocycles. The molecule has 2 aromatic carbocycles. The van der Waals surface area contributed by atoms with Crippen molar-refractivity contribution in [2.24, 2.45) is 0 Å². The maximum Gasteiger partial charge on any atom is 0.328 e. The molecule has 0 aliphatic rings. The molecule has 1 atom stereocenters. The number of hydrogen-bond acceptors (Lipinski definition) is 3. The Labute approximate surface area is 156 Å². The number of esters is 1. The second kappa shape index (κ2) is 9.25. The van der Waals surface area contributed by atoms with E-state index in [-0.39, 0.29) is 0 Å². The van der Waals surface area contributed by atoms with Crippen molar-refractivity contribution < 1.29 is 14.3 Å². The summed E-state index contributed by atoms with van der Waals surface area (Å²) in [5, 5.41) is 3.60. The van der Waals surface area contributed by atoms with E-state index in [0.29, 0.717) is 22.0 Å². The minimum absolute atomic E-state index is 0.342. The lowest BCUT2D eigenvalue weighted by Crippen LogP contribution is -2.42. The van der Waals surface area contributed by atoms with E-state index in [9.17, 15) is 9.59 Å². The fourth-order valence-electron chi connectivity index (χ4n) is 2.21. The van der Waals surface area contributed by atoms with Gasteiger partial charge in [0, 0.05) is 22.5 Å². The van der Waals surface area contributed by atoms with E-state index in [2.05, 4.69) is 5.32 Å². The van der Waals surface area contributed by atoms with Crippen molar-refractivity contribution in [3.05, 3.63) is 75.8 Å². The van der Waals surface area contributed by atoms with E-state index >= 15 is 0 Å². The number of methoxy groups -OCH3 is 1. The van der Waals surface area contributed by atoms with Crippen LogP contribution in [0.1, 0.15) is 11.1 Å². The molecule has 2 aromatic rings. The number of carbonyl (C=O) groups is 2. The Kier molecular flexibility index (Phi) is 7.04. The maximum atomic E-state index is 12.1. The fourth-order valence-corrected chi connectivity index (χ4v) is 2.68. The lowest BCUT2D eigenvalue weighted by Gasteiger charge is -2.15. The third-order valence-electron chi connectivity index (χ3n) is 3.46. The first kappa shape index (κ1) is 19.0. The number of rotatable bonds is 6. The van der Waals surface area contributed by atoms with Crippen LogP contribution in [0.25, 0.3) is 6.08 Å². The van der Waals surface area contributed by atoms with Gasteiger partial charge in [-0.15, -0.1) is 0 Å². The molecule has 25 heavy (non-hydrogen) atoms. The molecule has 0 aromatic heterocycles. The van der Waals surface area contributed by atoms with Crippen molar-refractivity contribution in [2.75, 3.05) is 7.11 Å². The number of carbonyl (C=O) groups excluding carboxylic acids is 2. The Morgan fingerprint density at radius 1 is 1.16 bits per heavy atom. The van der Waals surface area contributed by atoms with E-state index < -0.39 is 17.9 Å². The first-order chi connectivity index (χ1) is 12.0. The summed E-state index contributed by atoms with van der Waals surface area (Å²) in [6.07, 6.45) is 3.22. The smallest absolute Gasteiger partial charge is 0.328 e. The molecule has 0 bridgehead atoms. The number of hydrogen-bond donors (Lipinski definition) is 1. The van der Waals surface area contributed by atoms with Crippen LogP contribution < -0.4 is 5.32 Å². The predicted molar refractivity (Wildman–Crippen MR) is 99.6 cm³/mol. The highest BCUT2D eigenvalue weighted by Crippen LogP contribution is 2.21. The highest BCUT2D eigenvalue weighted by atomic mass is 35.5. The predicted octanol–water partition coefficient (Wildman–Crippen LogP) is 3.91. The fraction of sp³-hybridized carbons (Fsp3) is 0.158. The minimum Gasteiger partial charge on any atom is -0.467 e. The van der Waals surface area contributed by atoms with E-state index in [1.165, 1.54) is 13.2 Å². The summed E-state index contributed by atoms with van der Waals surface area (Å²) < 4.78 is 4.77. The number of nitrogens with one attached hydrogen (secondary N) is 1. The van der Waals surface area contributed by atoms with Crippen LogP contribution in [0.3, 0.4) is 0 Å². The second-order valence-electron chi connectivity index (χ2n) is 5.27. The quantitative estimate of drug-likeness (QED) is 0.613. The van der Waals surface area contributed by atoms with Crippen molar-refractivity contribution in [3.8, 4) is 0 Å². The van der Waals surface area contributed by atoms with Crippen LogP contribution in [0.4, 0.5) is 0 Å². The van der Waals surface area contributed by atoms with Gasteiger partial charge in [0.05, 0.1) is 7.11 Å². The highest BCUT2D eigenvalue weighted by Gasteiger charge is 2.21. The van der Waals surface area contributed by atoms with Crippen molar-refractivity contribution in [3.63, 3.8) is 0 Å². The monoisotopic (exact) mass is 377 g/mol. The largest absolute Gasteiger partial charge is 0.467 e. The molecule has 0 spiro atoms. The van der Waals surface area contributed by atoms with Gasteiger partial charge in [0.2, 0.25) is 5.91 Å². The van der Waals surface area contributed by atoms with Crippen molar-refractivity contribution >= 4 is 41.2 Å². The molecule has 0 radical (unpaired) electrons. The summed E-state index contributed by atoms with van der Waals surface area (Å²) in [7, 11) is 1.29. The third-order valence-corrected chi connectivity index (χ3v) is 4.02. The van der Waals surface area contributed by atoms with Crippen molar-refractivity contribution in [1.82, 2.24) is 5.32 Å². The van der Waals surface area contributed by atoms with Gasteiger partial charge in [-0.05, 0) is 29.3 Å². The van der Waals surface area contributed by atoms with Gasteiger partial charge in [0.25, 0.3) is 0 Å². The standard InChI is InChI=1S/C19H17Cl2NO3/c1-25-19(24)17(11-13-5-3-2-4-6-13)22-18(23)10-8-14-7-9-15(20)12-16(14)21/h2-10,12,17H,11H2,1H3,(H,22,23)/b10-8+/t17-/m0/s1. The second-order valence-corrected chi connectivity index (χ2v) is 6.12. The van der Waals surface area contributed by atoms with Crippen LogP contribution in [0.15, 0.2) is 54.6 Å². The molecule has 130 valence electrons. The third kappa shape index (κ3) is 5.93. The summed E-state index contributed by atoms with van der Waals surface area (Å²) in [6.45, 7) is 0.